The molecule has 21 heavy (non-hydrogen) atoms. The summed E-state index contributed by atoms with van der Waals surface area (Å²) in [7, 11) is 0. The number of hydrogen-bond acceptors (Lipinski definition) is 5. The number of anilines is 1. The van der Waals surface area contributed by atoms with Crippen molar-refractivity contribution in [3.05, 3.63) is 57.0 Å². The van der Waals surface area contributed by atoms with Gasteiger partial charge in [-0.2, -0.15) is 0 Å². The monoisotopic (exact) mass is 304 g/mol. The molecule has 1 fully saturated rings. The minimum Gasteiger partial charge on any atom is -0.366 e. The average molecular weight is 305 g/mol. The molecule has 7 heteroatoms. The molecule has 108 valence electrons. The number of rotatable bonds is 5. The Morgan fingerprint density at radius 2 is 2.10 bits per heavy atom. The summed E-state index contributed by atoms with van der Waals surface area (Å²) in [6.45, 7) is 0.314. The lowest BCUT2D eigenvalue weighted by Crippen LogP contribution is -2.06. The van der Waals surface area contributed by atoms with E-state index in [0.717, 1.165) is 18.7 Å². The Morgan fingerprint density at radius 1 is 1.33 bits per heavy atom. The summed E-state index contributed by atoms with van der Waals surface area (Å²) in [5.41, 5.74) is 0.692. The van der Waals surface area contributed by atoms with Gasteiger partial charge in [-0.25, -0.2) is 9.97 Å². The van der Waals surface area contributed by atoms with E-state index in [-0.39, 0.29) is 10.6 Å². The third-order valence-electron chi connectivity index (χ3n) is 3.30. The predicted molar refractivity (Wildman–Crippen MR) is 79.4 cm³/mol. The smallest absolute Gasteiger partial charge is 0.274 e. The van der Waals surface area contributed by atoms with Gasteiger partial charge in [-0.1, -0.05) is 29.8 Å². The molecular formula is C14H13ClN4O2. The van der Waals surface area contributed by atoms with E-state index in [9.17, 15) is 10.1 Å². The van der Waals surface area contributed by atoms with Crippen LogP contribution in [0.3, 0.4) is 0 Å². The maximum atomic E-state index is 11.0. The lowest BCUT2D eigenvalue weighted by atomic mass is 10.2. The zero-order chi connectivity index (χ0) is 14.8. The van der Waals surface area contributed by atoms with E-state index < -0.39 is 0 Å². The van der Waals surface area contributed by atoms with E-state index in [2.05, 4.69) is 15.3 Å². The first-order valence-electron chi connectivity index (χ1n) is 6.64. The van der Waals surface area contributed by atoms with Crippen molar-refractivity contribution >= 4 is 23.1 Å². The highest BCUT2D eigenvalue weighted by Gasteiger charge is 2.27. The van der Waals surface area contributed by atoms with Gasteiger partial charge in [0.2, 0.25) is 0 Å². The van der Waals surface area contributed by atoms with Crippen LogP contribution in [0.1, 0.15) is 30.1 Å². The Hall–Kier alpha value is -2.21. The molecule has 1 heterocycles. The molecule has 0 atom stereocenters. The van der Waals surface area contributed by atoms with Crippen molar-refractivity contribution in [3.63, 3.8) is 0 Å². The molecule has 0 amide bonds. The fourth-order valence-corrected chi connectivity index (χ4v) is 2.26. The summed E-state index contributed by atoms with van der Waals surface area (Å²) in [5.74, 6) is 1.73. The SMILES string of the molecule is O=[N+]([O-])c1ccccc1CNc1cc(Cl)nc(C2CC2)n1. The van der Waals surface area contributed by atoms with E-state index in [1.54, 1.807) is 24.3 Å². The fraction of sp³-hybridized carbons (Fsp3) is 0.286. The van der Waals surface area contributed by atoms with E-state index in [4.69, 9.17) is 11.6 Å². The molecule has 1 aliphatic rings. The van der Waals surface area contributed by atoms with Crippen molar-refractivity contribution in [1.29, 1.82) is 0 Å². The molecule has 2 aromatic rings. The van der Waals surface area contributed by atoms with Crippen LogP contribution in [0.4, 0.5) is 11.5 Å². The maximum absolute atomic E-state index is 11.0. The van der Waals surface area contributed by atoms with Gasteiger partial charge in [0, 0.05) is 30.2 Å². The number of nitro groups is 1. The second-order valence-electron chi connectivity index (χ2n) is 4.95. The first-order chi connectivity index (χ1) is 10.1. The maximum Gasteiger partial charge on any atom is 0.274 e. The molecule has 0 spiro atoms. The Morgan fingerprint density at radius 3 is 2.81 bits per heavy atom. The molecule has 6 nitrogen and oxygen atoms in total. The quantitative estimate of drug-likeness (QED) is 0.519. The number of benzene rings is 1. The number of nitro benzene ring substituents is 1. The number of nitrogens with one attached hydrogen (secondary N) is 1. The third kappa shape index (κ3) is 3.28. The van der Waals surface area contributed by atoms with Crippen LogP contribution in [-0.2, 0) is 6.54 Å². The first kappa shape index (κ1) is 13.8. The molecule has 3 rings (SSSR count). The van der Waals surface area contributed by atoms with Crippen LogP contribution < -0.4 is 5.32 Å². The van der Waals surface area contributed by atoms with E-state index in [0.29, 0.717) is 29.0 Å². The van der Waals surface area contributed by atoms with E-state index in [1.165, 1.54) is 6.07 Å². The summed E-state index contributed by atoms with van der Waals surface area (Å²) >= 11 is 5.99. The van der Waals surface area contributed by atoms with Gasteiger partial charge in [0.05, 0.1) is 4.92 Å². The molecule has 1 saturated carbocycles. The summed E-state index contributed by atoms with van der Waals surface area (Å²) in [6.07, 6.45) is 2.17. The highest BCUT2D eigenvalue weighted by Crippen LogP contribution is 2.38. The van der Waals surface area contributed by atoms with Crippen molar-refractivity contribution in [3.8, 4) is 0 Å². The van der Waals surface area contributed by atoms with Crippen LogP contribution in [0.15, 0.2) is 30.3 Å². The van der Waals surface area contributed by atoms with Crippen LogP contribution >= 0.6 is 11.6 Å². The van der Waals surface area contributed by atoms with Crippen LogP contribution in [-0.4, -0.2) is 14.9 Å². The summed E-state index contributed by atoms with van der Waals surface area (Å²) in [5, 5.41) is 14.4. The van der Waals surface area contributed by atoms with Crippen LogP contribution in [0.25, 0.3) is 0 Å². The van der Waals surface area contributed by atoms with Crippen molar-refractivity contribution in [1.82, 2.24) is 9.97 Å². The van der Waals surface area contributed by atoms with Crippen LogP contribution in [0.5, 0.6) is 0 Å². The highest BCUT2D eigenvalue weighted by atomic mass is 35.5. The van der Waals surface area contributed by atoms with Gasteiger partial charge < -0.3 is 5.32 Å². The molecule has 1 aromatic carbocycles. The molecule has 1 aromatic heterocycles. The molecule has 1 aliphatic carbocycles. The minimum absolute atomic E-state index is 0.0903. The molecule has 0 radical (unpaired) electrons. The molecule has 0 aliphatic heterocycles. The topological polar surface area (TPSA) is 81.0 Å². The van der Waals surface area contributed by atoms with Crippen LogP contribution in [0.2, 0.25) is 5.15 Å². The summed E-state index contributed by atoms with van der Waals surface area (Å²) in [6, 6.07) is 8.25. The summed E-state index contributed by atoms with van der Waals surface area (Å²) < 4.78 is 0. The van der Waals surface area contributed by atoms with Crippen molar-refractivity contribution in [2.24, 2.45) is 0 Å². The Kier molecular flexibility index (Phi) is 3.70. The molecule has 0 saturated heterocycles. The third-order valence-corrected chi connectivity index (χ3v) is 3.50. The van der Waals surface area contributed by atoms with Gasteiger partial charge in [-0.3, -0.25) is 10.1 Å². The van der Waals surface area contributed by atoms with Gasteiger partial charge in [0.15, 0.2) is 0 Å². The number of aromatic nitrogens is 2. The minimum atomic E-state index is -0.389. The van der Waals surface area contributed by atoms with Crippen molar-refractivity contribution in [2.75, 3.05) is 5.32 Å². The summed E-state index contributed by atoms with van der Waals surface area (Å²) in [4.78, 5) is 19.2. The molecule has 0 bridgehead atoms. The van der Waals surface area contributed by atoms with Crippen molar-refractivity contribution in [2.45, 2.75) is 25.3 Å². The zero-order valence-corrected chi connectivity index (χ0v) is 11.9. The van der Waals surface area contributed by atoms with Gasteiger partial charge in [0.25, 0.3) is 5.69 Å². The number of halogens is 1. The second-order valence-corrected chi connectivity index (χ2v) is 5.34. The Labute approximate surface area is 126 Å². The van der Waals surface area contributed by atoms with Gasteiger partial charge >= 0.3 is 0 Å². The van der Waals surface area contributed by atoms with Gasteiger partial charge in [-0.15, -0.1) is 0 Å². The van der Waals surface area contributed by atoms with Gasteiger partial charge in [0.1, 0.15) is 16.8 Å². The lowest BCUT2D eigenvalue weighted by Gasteiger charge is -2.08. The van der Waals surface area contributed by atoms with E-state index in [1.807, 2.05) is 0 Å². The Balaban J connectivity index is 1.77. The van der Waals surface area contributed by atoms with E-state index >= 15 is 0 Å². The zero-order valence-electron chi connectivity index (χ0n) is 11.1. The van der Waals surface area contributed by atoms with Gasteiger partial charge in [-0.05, 0) is 12.8 Å². The molecule has 0 unspecified atom stereocenters. The largest absolute Gasteiger partial charge is 0.366 e. The van der Waals surface area contributed by atoms with Crippen LogP contribution in [0, 0.1) is 10.1 Å². The normalized spacial score (nSPS) is 14.0. The van der Waals surface area contributed by atoms with Crippen molar-refractivity contribution < 1.29 is 4.92 Å². The lowest BCUT2D eigenvalue weighted by molar-refractivity contribution is -0.385. The predicted octanol–water partition coefficient (Wildman–Crippen LogP) is 3.53. The average Bonchev–Trinajstić information content (AvgIpc) is 3.29. The number of hydrogen-bond donors (Lipinski definition) is 1. The second kappa shape index (κ2) is 5.65. The number of para-hydroxylation sites is 1. The molecule has 1 N–H and O–H groups in total. The highest BCUT2D eigenvalue weighted by molar-refractivity contribution is 6.29. The standard InChI is InChI=1S/C14H13ClN4O2/c15-12-7-13(18-14(17-12)9-5-6-9)16-8-10-3-1-2-4-11(10)19(20)21/h1-4,7,9H,5-6,8H2,(H,16,17,18). The molecular weight excluding hydrogens is 292 g/mol. The fourth-order valence-electron chi connectivity index (χ4n) is 2.07. The number of nitrogens with zero attached hydrogens (tertiary/aromatic N) is 3. The Bertz CT molecular complexity index is 688. The first-order valence-corrected chi connectivity index (χ1v) is 7.02.